The first-order valence-electron chi connectivity index (χ1n) is 2.92. The molecular weight excluding hydrogens is 211 g/mol. The van der Waals surface area contributed by atoms with Crippen LogP contribution in [-0.4, -0.2) is 6.21 Å². The maximum absolute atomic E-state index is 12.8. The van der Waals surface area contributed by atoms with Gasteiger partial charge in [0.2, 0.25) is 0 Å². The molecule has 1 aromatic carbocycles. The summed E-state index contributed by atoms with van der Waals surface area (Å²) in [6, 6.07) is 4.57. The van der Waals surface area contributed by atoms with Gasteiger partial charge in [-0.1, -0.05) is 15.9 Å². The van der Waals surface area contributed by atoms with Crippen molar-refractivity contribution in [3.05, 3.63) is 34.1 Å². The van der Waals surface area contributed by atoms with Crippen LogP contribution in [0.5, 0.6) is 0 Å². The fraction of sp³-hybridized carbons (Fsp3) is 0. The lowest BCUT2D eigenvalue weighted by Gasteiger charge is -1.95. The normalized spacial score (nSPS) is 10.7. The number of benzene rings is 1. The molecule has 0 atom stereocenters. The van der Waals surface area contributed by atoms with E-state index in [1.165, 1.54) is 12.3 Å². The lowest BCUT2D eigenvalue weighted by atomic mass is 10.2. The Balaban J connectivity index is 3.12. The van der Waals surface area contributed by atoms with E-state index in [1.54, 1.807) is 12.1 Å². The Kier molecular flexibility index (Phi) is 2.59. The first-order valence-corrected chi connectivity index (χ1v) is 3.71. The van der Waals surface area contributed by atoms with Gasteiger partial charge < -0.3 is 5.84 Å². The molecule has 4 heteroatoms. The standard InChI is InChI=1S/C7H6BrFN2/c8-6-1-2-7(9)5(3-6)4-11-10/h1-4H,10H2/b11-4-. The van der Waals surface area contributed by atoms with Crippen LogP contribution >= 0.6 is 15.9 Å². The molecule has 58 valence electrons. The number of hydrazone groups is 1. The van der Waals surface area contributed by atoms with Crippen molar-refractivity contribution >= 4 is 22.1 Å². The number of halogens is 2. The highest BCUT2D eigenvalue weighted by Gasteiger charge is 1.98. The molecular formula is C7H6BrFN2. The highest BCUT2D eigenvalue weighted by atomic mass is 79.9. The molecule has 0 aliphatic heterocycles. The molecule has 0 radical (unpaired) electrons. The Hall–Kier alpha value is -0.900. The second-order valence-corrected chi connectivity index (χ2v) is 2.86. The van der Waals surface area contributed by atoms with Crippen LogP contribution in [0.15, 0.2) is 27.8 Å². The molecule has 0 aliphatic rings. The molecule has 2 N–H and O–H groups in total. The van der Waals surface area contributed by atoms with Gasteiger partial charge in [-0.25, -0.2) is 4.39 Å². The molecule has 2 nitrogen and oxygen atoms in total. The molecule has 0 saturated heterocycles. The molecule has 0 unspecified atom stereocenters. The average molecular weight is 217 g/mol. The Morgan fingerprint density at radius 2 is 2.27 bits per heavy atom. The zero-order valence-corrected chi connectivity index (χ0v) is 7.18. The quantitative estimate of drug-likeness (QED) is 0.435. The lowest BCUT2D eigenvalue weighted by Crippen LogP contribution is -1.90. The summed E-state index contributed by atoms with van der Waals surface area (Å²) in [7, 11) is 0. The van der Waals surface area contributed by atoms with E-state index in [0.717, 1.165) is 4.47 Å². The van der Waals surface area contributed by atoms with Crippen molar-refractivity contribution < 1.29 is 4.39 Å². The summed E-state index contributed by atoms with van der Waals surface area (Å²) in [5.41, 5.74) is 0.377. The summed E-state index contributed by atoms with van der Waals surface area (Å²) in [5, 5.41) is 3.22. The smallest absolute Gasteiger partial charge is 0.132 e. The highest BCUT2D eigenvalue weighted by Crippen LogP contribution is 2.13. The Labute approximate surface area is 72.0 Å². The van der Waals surface area contributed by atoms with Crippen molar-refractivity contribution in [3.8, 4) is 0 Å². The molecule has 0 bridgehead atoms. The number of nitrogens with two attached hydrogens (primary N) is 1. The summed E-state index contributed by atoms with van der Waals surface area (Å²) in [6.07, 6.45) is 1.26. The minimum atomic E-state index is -0.331. The van der Waals surface area contributed by atoms with Gasteiger partial charge in [-0.15, -0.1) is 0 Å². The summed E-state index contributed by atoms with van der Waals surface area (Å²) < 4.78 is 13.6. The molecule has 0 aromatic heterocycles. The van der Waals surface area contributed by atoms with E-state index in [4.69, 9.17) is 5.84 Å². The third kappa shape index (κ3) is 2.01. The number of rotatable bonds is 1. The average Bonchev–Trinajstić information content (AvgIpc) is 1.98. The van der Waals surface area contributed by atoms with Crippen molar-refractivity contribution in [2.75, 3.05) is 0 Å². The monoisotopic (exact) mass is 216 g/mol. The van der Waals surface area contributed by atoms with Crippen LogP contribution in [0.25, 0.3) is 0 Å². The second-order valence-electron chi connectivity index (χ2n) is 1.94. The lowest BCUT2D eigenvalue weighted by molar-refractivity contribution is 0.625. The number of nitrogens with zero attached hydrogens (tertiary/aromatic N) is 1. The van der Waals surface area contributed by atoms with Gasteiger partial charge in [0.1, 0.15) is 5.82 Å². The van der Waals surface area contributed by atoms with Crippen LogP contribution in [0.3, 0.4) is 0 Å². The van der Waals surface area contributed by atoms with Crippen LogP contribution < -0.4 is 5.84 Å². The van der Waals surface area contributed by atoms with Crippen molar-refractivity contribution in [1.29, 1.82) is 0 Å². The Bertz CT molecular complexity index is 286. The minimum Gasteiger partial charge on any atom is -0.323 e. The number of hydrogen-bond acceptors (Lipinski definition) is 2. The summed E-state index contributed by atoms with van der Waals surface area (Å²) in [6.45, 7) is 0. The molecule has 0 fully saturated rings. The second kappa shape index (κ2) is 3.48. The van der Waals surface area contributed by atoms with E-state index in [9.17, 15) is 4.39 Å². The predicted molar refractivity (Wildman–Crippen MR) is 45.9 cm³/mol. The first-order chi connectivity index (χ1) is 5.24. The summed E-state index contributed by atoms with van der Waals surface area (Å²) in [4.78, 5) is 0. The summed E-state index contributed by atoms with van der Waals surface area (Å²) >= 11 is 3.20. The fourth-order valence-electron chi connectivity index (χ4n) is 0.694. The van der Waals surface area contributed by atoms with Gasteiger partial charge >= 0.3 is 0 Å². The highest BCUT2D eigenvalue weighted by molar-refractivity contribution is 9.10. The zero-order chi connectivity index (χ0) is 8.27. The van der Waals surface area contributed by atoms with E-state index >= 15 is 0 Å². The predicted octanol–water partition coefficient (Wildman–Crippen LogP) is 1.88. The molecule has 1 rings (SSSR count). The SMILES string of the molecule is N/N=C\c1cc(Br)ccc1F. The maximum Gasteiger partial charge on any atom is 0.132 e. The van der Waals surface area contributed by atoms with Crippen LogP contribution in [0.4, 0.5) is 4.39 Å². The van der Waals surface area contributed by atoms with Crippen molar-refractivity contribution in [2.24, 2.45) is 10.9 Å². The van der Waals surface area contributed by atoms with Crippen LogP contribution in [0, 0.1) is 5.82 Å². The molecule has 0 aliphatic carbocycles. The summed E-state index contributed by atoms with van der Waals surface area (Å²) in [5.74, 6) is 4.54. The molecule has 11 heavy (non-hydrogen) atoms. The van der Waals surface area contributed by atoms with Crippen molar-refractivity contribution in [2.45, 2.75) is 0 Å². The van der Waals surface area contributed by atoms with E-state index in [1.807, 2.05) is 0 Å². The molecule has 1 aromatic rings. The third-order valence-electron chi connectivity index (χ3n) is 1.17. The first kappa shape index (κ1) is 8.20. The Morgan fingerprint density at radius 3 is 2.91 bits per heavy atom. The van der Waals surface area contributed by atoms with Gasteiger partial charge in [-0.2, -0.15) is 5.10 Å². The van der Waals surface area contributed by atoms with Crippen LogP contribution in [0.2, 0.25) is 0 Å². The van der Waals surface area contributed by atoms with Gasteiger partial charge in [-0.3, -0.25) is 0 Å². The van der Waals surface area contributed by atoms with E-state index in [2.05, 4.69) is 21.0 Å². The van der Waals surface area contributed by atoms with Gasteiger partial charge in [-0.05, 0) is 18.2 Å². The fourth-order valence-corrected chi connectivity index (χ4v) is 1.07. The van der Waals surface area contributed by atoms with E-state index < -0.39 is 0 Å². The van der Waals surface area contributed by atoms with Gasteiger partial charge in [0.15, 0.2) is 0 Å². The number of hydrogen-bond donors (Lipinski definition) is 1. The van der Waals surface area contributed by atoms with Crippen molar-refractivity contribution in [3.63, 3.8) is 0 Å². The van der Waals surface area contributed by atoms with Gasteiger partial charge in [0.25, 0.3) is 0 Å². The molecule has 0 spiro atoms. The van der Waals surface area contributed by atoms with Crippen LogP contribution in [0.1, 0.15) is 5.56 Å². The molecule has 0 saturated carbocycles. The zero-order valence-electron chi connectivity index (χ0n) is 5.59. The van der Waals surface area contributed by atoms with Gasteiger partial charge in [0.05, 0.1) is 6.21 Å². The molecule has 0 heterocycles. The van der Waals surface area contributed by atoms with E-state index in [-0.39, 0.29) is 5.82 Å². The van der Waals surface area contributed by atoms with Crippen LogP contribution in [-0.2, 0) is 0 Å². The Morgan fingerprint density at radius 1 is 1.55 bits per heavy atom. The van der Waals surface area contributed by atoms with E-state index in [0.29, 0.717) is 5.56 Å². The molecule has 0 amide bonds. The topological polar surface area (TPSA) is 38.4 Å². The maximum atomic E-state index is 12.8. The minimum absolute atomic E-state index is 0.331. The third-order valence-corrected chi connectivity index (χ3v) is 1.66. The largest absolute Gasteiger partial charge is 0.323 e. The van der Waals surface area contributed by atoms with Crippen molar-refractivity contribution in [1.82, 2.24) is 0 Å². The van der Waals surface area contributed by atoms with Gasteiger partial charge in [0, 0.05) is 10.0 Å².